The molecule has 0 bridgehead atoms. The van der Waals surface area contributed by atoms with Crippen molar-refractivity contribution >= 4 is 34.6 Å². The van der Waals surface area contributed by atoms with Gasteiger partial charge in [-0.1, -0.05) is 48.5 Å². The Kier molecular flexibility index (Phi) is 6.28. The Morgan fingerprint density at radius 3 is 1.78 bits per heavy atom. The van der Waals surface area contributed by atoms with Crippen molar-refractivity contribution in [2.24, 2.45) is 0 Å². The van der Waals surface area contributed by atoms with Crippen molar-refractivity contribution in [1.82, 2.24) is 0 Å². The maximum Gasteiger partial charge on any atom is 0.257 e. The number of aryl methyl sites for hydroxylation is 1. The average molecular weight is 422 g/mol. The van der Waals surface area contributed by atoms with Gasteiger partial charge in [-0.2, -0.15) is 0 Å². The molecule has 0 fully saturated rings. The zero-order valence-electron chi connectivity index (χ0n) is 17.6. The number of carbonyl (C=O) groups excluding carboxylic acids is 2. The van der Waals surface area contributed by atoms with Crippen LogP contribution in [-0.4, -0.2) is 11.8 Å². The third kappa shape index (κ3) is 5.02. The molecule has 0 saturated carbocycles. The molecule has 0 aromatic heterocycles. The number of benzene rings is 4. The molecule has 32 heavy (non-hydrogen) atoms. The minimum atomic E-state index is -0.297. The van der Waals surface area contributed by atoms with Gasteiger partial charge in [-0.05, 0) is 67.1 Å². The molecule has 0 spiro atoms. The van der Waals surface area contributed by atoms with Crippen LogP contribution < -0.4 is 16.0 Å². The maximum absolute atomic E-state index is 12.9. The molecule has 4 aromatic rings. The fraction of sp³-hybridized carbons (Fsp3) is 0.0370. The van der Waals surface area contributed by atoms with Crippen LogP contribution in [0.15, 0.2) is 103 Å². The highest BCUT2D eigenvalue weighted by Crippen LogP contribution is 2.22. The minimum Gasteiger partial charge on any atom is -0.356 e. The molecule has 0 aliphatic rings. The second-order valence-electron chi connectivity index (χ2n) is 7.34. The number of hydrogen-bond acceptors (Lipinski definition) is 3. The van der Waals surface area contributed by atoms with Gasteiger partial charge in [-0.15, -0.1) is 0 Å². The molecule has 0 aliphatic carbocycles. The smallest absolute Gasteiger partial charge is 0.257 e. The third-order valence-electron chi connectivity index (χ3n) is 5.01. The van der Waals surface area contributed by atoms with Crippen LogP contribution in [0.4, 0.5) is 22.7 Å². The largest absolute Gasteiger partial charge is 0.356 e. The lowest BCUT2D eigenvalue weighted by atomic mass is 10.1. The Morgan fingerprint density at radius 2 is 1.06 bits per heavy atom. The first kappa shape index (κ1) is 20.9. The van der Waals surface area contributed by atoms with Gasteiger partial charge in [0.25, 0.3) is 11.8 Å². The van der Waals surface area contributed by atoms with Crippen molar-refractivity contribution in [2.45, 2.75) is 6.92 Å². The summed E-state index contributed by atoms with van der Waals surface area (Å²) < 4.78 is 0. The molecule has 158 valence electrons. The molecule has 5 nitrogen and oxygen atoms in total. The van der Waals surface area contributed by atoms with Crippen LogP contribution in [0.1, 0.15) is 26.3 Å². The van der Waals surface area contributed by atoms with E-state index in [1.165, 1.54) is 0 Å². The molecule has 0 atom stereocenters. The van der Waals surface area contributed by atoms with E-state index in [1.54, 1.807) is 30.3 Å². The summed E-state index contributed by atoms with van der Waals surface area (Å²) >= 11 is 0. The average Bonchev–Trinajstić information content (AvgIpc) is 2.81. The van der Waals surface area contributed by atoms with Gasteiger partial charge in [0, 0.05) is 22.6 Å². The summed E-state index contributed by atoms with van der Waals surface area (Å²) in [6.07, 6.45) is 0. The quantitative estimate of drug-likeness (QED) is 0.345. The first-order valence-electron chi connectivity index (χ1n) is 10.3. The van der Waals surface area contributed by atoms with Crippen molar-refractivity contribution in [2.75, 3.05) is 16.0 Å². The highest BCUT2D eigenvalue weighted by Gasteiger charge is 2.15. The summed E-state index contributed by atoms with van der Waals surface area (Å²) in [5, 5.41) is 9.06. The van der Waals surface area contributed by atoms with Crippen molar-refractivity contribution in [3.05, 3.63) is 120 Å². The van der Waals surface area contributed by atoms with E-state index in [4.69, 9.17) is 0 Å². The number of carbonyl (C=O) groups is 2. The fourth-order valence-corrected chi connectivity index (χ4v) is 3.33. The second-order valence-corrected chi connectivity index (χ2v) is 7.34. The zero-order chi connectivity index (χ0) is 22.3. The number of anilines is 4. The first-order chi connectivity index (χ1) is 15.6. The van der Waals surface area contributed by atoms with E-state index < -0.39 is 0 Å². The number of hydrogen-bond donors (Lipinski definition) is 3. The van der Waals surface area contributed by atoms with Crippen LogP contribution >= 0.6 is 0 Å². The van der Waals surface area contributed by atoms with Gasteiger partial charge in [0.1, 0.15) is 0 Å². The van der Waals surface area contributed by atoms with Gasteiger partial charge in [-0.3, -0.25) is 9.59 Å². The summed E-state index contributed by atoms with van der Waals surface area (Å²) in [4.78, 5) is 25.6. The molecule has 4 aromatic carbocycles. The van der Waals surface area contributed by atoms with Crippen LogP contribution in [0.5, 0.6) is 0 Å². The Labute approximate surface area is 187 Å². The maximum atomic E-state index is 12.9. The third-order valence-corrected chi connectivity index (χ3v) is 5.01. The summed E-state index contributed by atoms with van der Waals surface area (Å²) in [6.45, 7) is 1.88. The van der Waals surface area contributed by atoms with Crippen molar-refractivity contribution in [1.29, 1.82) is 0 Å². The molecular formula is C27H23N3O2. The molecule has 5 heteroatoms. The van der Waals surface area contributed by atoms with Gasteiger partial charge < -0.3 is 16.0 Å². The Morgan fingerprint density at radius 1 is 0.531 bits per heavy atom. The molecule has 0 unspecified atom stereocenters. The van der Waals surface area contributed by atoms with Gasteiger partial charge in [-0.25, -0.2) is 0 Å². The zero-order valence-corrected chi connectivity index (χ0v) is 17.6. The Hall–Kier alpha value is -4.38. The lowest BCUT2D eigenvalue weighted by Crippen LogP contribution is -2.18. The highest BCUT2D eigenvalue weighted by molar-refractivity contribution is 6.12. The van der Waals surface area contributed by atoms with Crippen LogP contribution in [0, 0.1) is 6.92 Å². The number of para-hydroxylation sites is 2. The van der Waals surface area contributed by atoms with Gasteiger partial charge in [0.2, 0.25) is 0 Å². The topological polar surface area (TPSA) is 70.2 Å². The summed E-state index contributed by atoms with van der Waals surface area (Å²) in [5.74, 6) is -0.547. The molecule has 3 N–H and O–H groups in total. The van der Waals surface area contributed by atoms with E-state index in [0.717, 1.165) is 16.9 Å². The molecule has 0 saturated heterocycles. The monoisotopic (exact) mass is 421 g/mol. The molecule has 2 amide bonds. The van der Waals surface area contributed by atoms with Crippen molar-refractivity contribution in [3.63, 3.8) is 0 Å². The summed E-state index contributed by atoms with van der Waals surface area (Å²) in [5.41, 5.74) is 4.86. The number of rotatable bonds is 6. The van der Waals surface area contributed by atoms with Crippen molar-refractivity contribution < 1.29 is 9.59 Å². The van der Waals surface area contributed by atoms with E-state index in [2.05, 4.69) is 16.0 Å². The molecule has 0 radical (unpaired) electrons. The van der Waals surface area contributed by atoms with E-state index >= 15 is 0 Å². The summed E-state index contributed by atoms with van der Waals surface area (Å²) in [6, 6.07) is 31.6. The van der Waals surface area contributed by atoms with Gasteiger partial charge in [0.15, 0.2) is 0 Å². The standard InChI is InChI=1S/C27H23N3O2/c1-19-9-5-6-12-23(19)26(31)30-25-14-8-7-13-24(25)27(32)29-22-17-15-21(16-18-22)28-20-10-3-2-4-11-20/h2-18,28H,1H3,(H,29,32)(H,30,31). The van der Waals surface area contributed by atoms with Crippen LogP contribution in [0.2, 0.25) is 0 Å². The van der Waals surface area contributed by atoms with E-state index in [0.29, 0.717) is 22.5 Å². The molecular weight excluding hydrogens is 398 g/mol. The van der Waals surface area contributed by atoms with E-state index in [9.17, 15) is 9.59 Å². The van der Waals surface area contributed by atoms with Crippen molar-refractivity contribution in [3.8, 4) is 0 Å². The summed E-state index contributed by atoms with van der Waals surface area (Å²) in [7, 11) is 0. The van der Waals surface area contributed by atoms with Crippen LogP contribution in [-0.2, 0) is 0 Å². The Balaban J connectivity index is 1.46. The predicted octanol–water partition coefficient (Wildman–Crippen LogP) is 6.24. The Bertz CT molecular complexity index is 1240. The fourth-order valence-electron chi connectivity index (χ4n) is 3.33. The van der Waals surface area contributed by atoms with Crippen LogP contribution in [0.25, 0.3) is 0 Å². The SMILES string of the molecule is Cc1ccccc1C(=O)Nc1ccccc1C(=O)Nc1ccc(Nc2ccccc2)cc1. The predicted molar refractivity (Wildman–Crippen MR) is 130 cm³/mol. The molecule has 0 heterocycles. The van der Waals surface area contributed by atoms with E-state index in [1.807, 2.05) is 79.7 Å². The van der Waals surface area contributed by atoms with E-state index in [-0.39, 0.29) is 11.8 Å². The number of amides is 2. The molecule has 0 aliphatic heterocycles. The van der Waals surface area contributed by atoms with Crippen LogP contribution in [0.3, 0.4) is 0 Å². The van der Waals surface area contributed by atoms with Gasteiger partial charge in [0.05, 0.1) is 11.3 Å². The first-order valence-corrected chi connectivity index (χ1v) is 10.3. The van der Waals surface area contributed by atoms with Gasteiger partial charge >= 0.3 is 0 Å². The lowest BCUT2D eigenvalue weighted by Gasteiger charge is -2.13. The highest BCUT2D eigenvalue weighted by atomic mass is 16.2. The minimum absolute atomic E-state index is 0.250. The lowest BCUT2D eigenvalue weighted by molar-refractivity contribution is 0.102. The second kappa shape index (κ2) is 9.62. The normalized spacial score (nSPS) is 10.3. The number of nitrogens with one attached hydrogen (secondary N) is 3. The molecule has 4 rings (SSSR count).